The Kier molecular flexibility index (Phi) is 5.41. The number of benzene rings is 1. The third-order valence-electron chi connectivity index (χ3n) is 4.76. The molecule has 2 aromatic heterocycles. The first-order chi connectivity index (χ1) is 12.5. The largest absolute Gasteiger partial charge is 0.336 e. The first-order valence-corrected chi connectivity index (χ1v) is 10.1. The van der Waals surface area contributed by atoms with Gasteiger partial charge in [-0.25, -0.2) is 13.4 Å². The van der Waals surface area contributed by atoms with E-state index < -0.39 is 10.0 Å². The van der Waals surface area contributed by atoms with E-state index in [-0.39, 0.29) is 17.3 Å². The van der Waals surface area contributed by atoms with Gasteiger partial charge in [0.15, 0.2) is 0 Å². The molecule has 1 aliphatic heterocycles. The van der Waals surface area contributed by atoms with Crippen molar-refractivity contribution in [3.63, 3.8) is 0 Å². The molecule has 1 aromatic carbocycles. The first kappa shape index (κ1) is 19.6. The summed E-state index contributed by atoms with van der Waals surface area (Å²) in [4.78, 5) is 4.29. The van der Waals surface area contributed by atoms with E-state index in [1.54, 1.807) is 6.07 Å². The predicted octanol–water partition coefficient (Wildman–Crippen LogP) is 2.81. The van der Waals surface area contributed by atoms with Crippen LogP contribution in [0.4, 0.5) is 5.69 Å². The Balaban J connectivity index is 0.00000210. The Hall–Kier alpha value is -2.16. The lowest BCUT2D eigenvalue weighted by Gasteiger charge is -2.30. The average molecular weight is 409 g/mol. The van der Waals surface area contributed by atoms with Crippen molar-refractivity contribution in [2.75, 3.05) is 10.8 Å². The smallest absolute Gasteiger partial charge is 0.265 e. The molecule has 9 heteroatoms. The summed E-state index contributed by atoms with van der Waals surface area (Å²) < 4.78 is 33.2. The van der Waals surface area contributed by atoms with Crippen LogP contribution in [-0.4, -0.2) is 25.1 Å². The van der Waals surface area contributed by atoms with Gasteiger partial charge >= 0.3 is 0 Å². The van der Waals surface area contributed by atoms with Crippen LogP contribution in [0, 0.1) is 0 Å². The number of aryl methyl sites for hydroxylation is 2. The summed E-state index contributed by atoms with van der Waals surface area (Å²) in [5.41, 5.74) is 9.50. The fourth-order valence-electron chi connectivity index (χ4n) is 3.38. The lowest BCUT2D eigenvalue weighted by atomic mass is 10.0. The van der Waals surface area contributed by atoms with E-state index in [2.05, 4.69) is 10.1 Å². The van der Waals surface area contributed by atoms with Crippen molar-refractivity contribution >= 4 is 39.2 Å². The number of pyridine rings is 1. The molecule has 0 unspecified atom stereocenters. The molecule has 3 aromatic rings. The zero-order valence-electron chi connectivity index (χ0n) is 14.9. The van der Waals surface area contributed by atoms with Gasteiger partial charge in [0.2, 0.25) is 0 Å². The van der Waals surface area contributed by atoms with Crippen LogP contribution in [0.1, 0.15) is 30.2 Å². The highest BCUT2D eigenvalue weighted by Gasteiger charge is 2.30. The number of anilines is 1. The number of nitrogens with two attached hydrogens (primary N) is 1. The van der Waals surface area contributed by atoms with Crippen LogP contribution < -0.4 is 10.0 Å². The van der Waals surface area contributed by atoms with Crippen molar-refractivity contribution in [1.82, 2.24) is 10.1 Å². The molecule has 0 saturated heterocycles. The maximum Gasteiger partial charge on any atom is 0.265 e. The second kappa shape index (κ2) is 7.46. The summed E-state index contributed by atoms with van der Waals surface area (Å²) >= 11 is 0. The highest BCUT2D eigenvalue weighted by atomic mass is 35.5. The zero-order valence-corrected chi connectivity index (χ0v) is 16.5. The van der Waals surface area contributed by atoms with Crippen LogP contribution in [0.5, 0.6) is 0 Å². The molecule has 0 radical (unpaired) electrons. The molecule has 144 valence electrons. The number of aromatic nitrogens is 2. The standard InChI is InChI=1S/C18H20N4O3S.ClH/c1-2-16-15-9-14(11-20-18(15)25-21-16)26(23,24)22-7-3-4-13-8-12(10-19)5-6-17(13)22;/h5-6,8-9,11H,2-4,7,10,19H2,1H3;1H. The minimum atomic E-state index is -3.72. The lowest BCUT2D eigenvalue weighted by molar-refractivity contribution is 0.439. The maximum atomic E-state index is 13.3. The number of rotatable bonds is 4. The molecule has 3 heterocycles. The number of nitrogens with zero attached hydrogens (tertiary/aromatic N) is 3. The average Bonchev–Trinajstić information content (AvgIpc) is 3.09. The van der Waals surface area contributed by atoms with Crippen LogP contribution in [0.2, 0.25) is 0 Å². The molecule has 0 amide bonds. The van der Waals surface area contributed by atoms with E-state index in [0.717, 1.165) is 29.7 Å². The van der Waals surface area contributed by atoms with Crippen molar-refractivity contribution in [1.29, 1.82) is 0 Å². The van der Waals surface area contributed by atoms with Gasteiger partial charge in [0.1, 0.15) is 4.90 Å². The quantitative estimate of drug-likeness (QED) is 0.712. The lowest BCUT2D eigenvalue weighted by Crippen LogP contribution is -2.35. The molecule has 0 atom stereocenters. The van der Waals surface area contributed by atoms with Gasteiger partial charge in [0.25, 0.3) is 15.7 Å². The molecular weight excluding hydrogens is 388 g/mol. The molecule has 2 N–H and O–H groups in total. The summed E-state index contributed by atoms with van der Waals surface area (Å²) in [7, 11) is -3.72. The Bertz CT molecular complexity index is 1080. The van der Waals surface area contributed by atoms with Crippen LogP contribution in [0.25, 0.3) is 11.1 Å². The molecular formula is C18H21ClN4O3S. The third-order valence-corrected chi connectivity index (χ3v) is 6.54. The summed E-state index contributed by atoms with van der Waals surface area (Å²) in [5.74, 6) is 0. The Morgan fingerprint density at radius 2 is 2.11 bits per heavy atom. The summed E-state index contributed by atoms with van der Waals surface area (Å²) in [6.45, 7) is 2.82. The van der Waals surface area contributed by atoms with Gasteiger partial charge in [0, 0.05) is 13.1 Å². The minimum Gasteiger partial charge on any atom is -0.336 e. The first-order valence-electron chi connectivity index (χ1n) is 8.63. The second-order valence-corrected chi connectivity index (χ2v) is 8.22. The van der Waals surface area contributed by atoms with Crippen molar-refractivity contribution in [3.8, 4) is 0 Å². The second-order valence-electron chi connectivity index (χ2n) is 6.35. The van der Waals surface area contributed by atoms with E-state index in [0.29, 0.717) is 36.3 Å². The van der Waals surface area contributed by atoms with Crippen molar-refractivity contribution in [2.45, 2.75) is 37.6 Å². The van der Waals surface area contributed by atoms with Crippen LogP contribution >= 0.6 is 12.4 Å². The Morgan fingerprint density at radius 1 is 1.30 bits per heavy atom. The zero-order chi connectivity index (χ0) is 18.3. The molecule has 0 spiro atoms. The van der Waals surface area contributed by atoms with Crippen LogP contribution in [-0.2, 0) is 29.4 Å². The fourth-order valence-corrected chi connectivity index (χ4v) is 4.89. The number of hydrogen-bond donors (Lipinski definition) is 1. The van der Waals surface area contributed by atoms with Gasteiger partial charge < -0.3 is 10.3 Å². The summed E-state index contributed by atoms with van der Waals surface area (Å²) in [6, 6.07) is 7.32. The van der Waals surface area contributed by atoms with E-state index >= 15 is 0 Å². The summed E-state index contributed by atoms with van der Waals surface area (Å²) in [5, 5.41) is 4.59. The molecule has 27 heavy (non-hydrogen) atoms. The van der Waals surface area contributed by atoms with Crippen molar-refractivity contribution < 1.29 is 12.9 Å². The molecule has 4 rings (SSSR count). The van der Waals surface area contributed by atoms with Crippen molar-refractivity contribution in [3.05, 3.63) is 47.3 Å². The number of sulfonamides is 1. The monoisotopic (exact) mass is 408 g/mol. The third kappa shape index (κ3) is 3.28. The van der Waals surface area contributed by atoms with E-state index in [1.165, 1.54) is 10.5 Å². The molecule has 1 aliphatic rings. The summed E-state index contributed by atoms with van der Waals surface area (Å²) in [6.07, 6.45) is 3.60. The Morgan fingerprint density at radius 3 is 2.85 bits per heavy atom. The molecule has 0 fully saturated rings. The van der Waals surface area contributed by atoms with Gasteiger partial charge in [-0.3, -0.25) is 4.31 Å². The van der Waals surface area contributed by atoms with E-state index in [9.17, 15) is 8.42 Å². The molecule has 0 bridgehead atoms. The van der Waals surface area contributed by atoms with Crippen LogP contribution in [0.15, 0.2) is 39.9 Å². The highest BCUT2D eigenvalue weighted by molar-refractivity contribution is 7.92. The Labute approximate surface area is 164 Å². The highest BCUT2D eigenvalue weighted by Crippen LogP contribution is 2.33. The van der Waals surface area contributed by atoms with Crippen molar-refractivity contribution in [2.24, 2.45) is 5.73 Å². The number of hydrogen-bond acceptors (Lipinski definition) is 6. The topological polar surface area (TPSA) is 102 Å². The van der Waals surface area contributed by atoms with Gasteiger partial charge in [-0.2, -0.15) is 0 Å². The van der Waals surface area contributed by atoms with E-state index in [1.807, 2.05) is 25.1 Å². The molecule has 7 nitrogen and oxygen atoms in total. The van der Waals surface area contributed by atoms with E-state index in [4.69, 9.17) is 10.3 Å². The van der Waals surface area contributed by atoms with Gasteiger partial charge in [-0.15, -0.1) is 12.4 Å². The maximum absolute atomic E-state index is 13.3. The van der Waals surface area contributed by atoms with Crippen LogP contribution in [0.3, 0.4) is 0 Å². The predicted molar refractivity (Wildman–Crippen MR) is 106 cm³/mol. The number of fused-ring (bicyclic) bond motifs is 2. The normalized spacial score (nSPS) is 14.1. The minimum absolute atomic E-state index is 0. The van der Waals surface area contributed by atoms with Gasteiger partial charge in [-0.05, 0) is 42.5 Å². The van der Waals surface area contributed by atoms with Gasteiger partial charge in [0.05, 0.1) is 23.0 Å². The SMILES string of the molecule is CCc1noc2ncc(S(=O)(=O)N3CCCc4cc(CN)ccc43)cc12.Cl. The molecule has 0 aliphatic carbocycles. The molecule has 0 saturated carbocycles. The number of halogens is 1. The van der Waals surface area contributed by atoms with Gasteiger partial charge in [-0.1, -0.05) is 24.2 Å². The fraction of sp³-hybridized carbons (Fsp3) is 0.333.